The second kappa shape index (κ2) is 11.8. The Balaban J connectivity index is 1.78. The van der Waals surface area contributed by atoms with Crippen molar-refractivity contribution in [2.45, 2.75) is 62.6 Å². The molecule has 0 spiro atoms. The van der Waals surface area contributed by atoms with Crippen molar-refractivity contribution in [2.24, 2.45) is 0 Å². The van der Waals surface area contributed by atoms with Gasteiger partial charge in [-0.25, -0.2) is 0 Å². The largest absolute Gasteiger partial charge is 0.403 e. The maximum absolute atomic E-state index is 10.9. The van der Waals surface area contributed by atoms with E-state index in [2.05, 4.69) is 45.0 Å². The molecular weight excluding hydrogens is 536 g/mol. The number of rotatable bonds is 8. The number of benzene rings is 3. The maximum Gasteiger partial charge on any atom is 0.261 e. The first-order valence-corrected chi connectivity index (χ1v) is 15.2. The third-order valence-corrected chi connectivity index (χ3v) is 12.9. The second-order valence-electron chi connectivity index (χ2n) is 10.9. The minimum atomic E-state index is -2.87. The molecule has 0 radical (unpaired) electrons. The van der Waals surface area contributed by atoms with E-state index >= 15 is 0 Å². The van der Waals surface area contributed by atoms with Crippen LogP contribution in [-0.2, 0) is 26.3 Å². The van der Waals surface area contributed by atoms with Crippen molar-refractivity contribution in [2.75, 3.05) is 13.7 Å². The zero-order valence-electron chi connectivity index (χ0n) is 22.6. The Labute approximate surface area is 235 Å². The predicted molar refractivity (Wildman–Crippen MR) is 153 cm³/mol. The first-order valence-electron chi connectivity index (χ1n) is 12.9. The van der Waals surface area contributed by atoms with Crippen LogP contribution in [0.5, 0.6) is 0 Å². The summed E-state index contributed by atoms with van der Waals surface area (Å²) in [5, 5.41) is 43.9. The molecule has 39 heavy (non-hydrogen) atoms. The Morgan fingerprint density at radius 2 is 1.46 bits per heavy atom. The molecule has 1 saturated heterocycles. The van der Waals surface area contributed by atoms with E-state index in [-0.39, 0.29) is 11.6 Å². The first-order chi connectivity index (χ1) is 18.5. The zero-order valence-corrected chi connectivity index (χ0v) is 24.4. The summed E-state index contributed by atoms with van der Waals surface area (Å²) in [7, 11) is -1.54. The van der Waals surface area contributed by atoms with Crippen LogP contribution in [0.15, 0.2) is 78.9 Å². The number of hydrogen-bond donors (Lipinski definition) is 4. The maximum atomic E-state index is 10.9. The summed E-state index contributed by atoms with van der Waals surface area (Å²) in [6, 6.07) is 25.5. The van der Waals surface area contributed by atoms with Crippen molar-refractivity contribution in [1.82, 2.24) is 0 Å². The van der Waals surface area contributed by atoms with Gasteiger partial charge in [-0.3, -0.25) is 0 Å². The van der Waals surface area contributed by atoms with Crippen LogP contribution in [-0.4, -0.2) is 66.9 Å². The van der Waals surface area contributed by atoms with Crippen molar-refractivity contribution >= 4 is 30.3 Å². The lowest BCUT2D eigenvalue weighted by atomic mass is 9.87. The third-order valence-electron chi connectivity index (χ3n) is 7.56. The molecule has 1 aliphatic heterocycles. The molecule has 3 aromatic carbocycles. The van der Waals surface area contributed by atoms with Crippen molar-refractivity contribution in [1.29, 1.82) is 0 Å². The highest BCUT2D eigenvalue weighted by Crippen LogP contribution is 2.41. The van der Waals surface area contributed by atoms with Gasteiger partial charge in [-0.05, 0) is 33.1 Å². The van der Waals surface area contributed by atoms with Crippen molar-refractivity contribution in [3.05, 3.63) is 95.0 Å². The van der Waals surface area contributed by atoms with Gasteiger partial charge < -0.3 is 34.3 Å². The average molecular weight is 573 g/mol. The van der Waals surface area contributed by atoms with Crippen LogP contribution >= 0.6 is 11.6 Å². The topological polar surface area (TPSA) is 109 Å². The van der Waals surface area contributed by atoms with Gasteiger partial charge in [0.1, 0.15) is 24.4 Å². The van der Waals surface area contributed by atoms with Crippen molar-refractivity contribution < 1.29 is 34.3 Å². The van der Waals surface area contributed by atoms with Crippen LogP contribution in [0, 0.1) is 0 Å². The lowest BCUT2D eigenvalue weighted by Gasteiger charge is -2.47. The molecule has 3 aromatic rings. The Bertz CT molecular complexity index is 1200. The van der Waals surface area contributed by atoms with Gasteiger partial charge in [-0.1, -0.05) is 99.1 Å². The molecule has 0 aliphatic carbocycles. The molecule has 4 rings (SSSR count). The summed E-state index contributed by atoms with van der Waals surface area (Å²) in [6.45, 7) is 6.14. The van der Waals surface area contributed by atoms with E-state index in [1.54, 1.807) is 18.2 Å². The van der Waals surface area contributed by atoms with Gasteiger partial charge in [0.05, 0.1) is 13.2 Å². The fourth-order valence-corrected chi connectivity index (χ4v) is 10.2. The summed E-state index contributed by atoms with van der Waals surface area (Å²) in [6.07, 6.45) is -5.90. The average Bonchev–Trinajstić information content (AvgIpc) is 2.94. The Morgan fingerprint density at radius 1 is 0.897 bits per heavy atom. The Kier molecular flexibility index (Phi) is 9.02. The smallest absolute Gasteiger partial charge is 0.261 e. The van der Waals surface area contributed by atoms with Crippen LogP contribution < -0.4 is 10.4 Å². The molecule has 1 fully saturated rings. The summed E-state index contributed by atoms with van der Waals surface area (Å²) in [5.74, 6) is -1.84. The van der Waals surface area contributed by atoms with E-state index in [1.807, 2.05) is 36.4 Å². The van der Waals surface area contributed by atoms with Gasteiger partial charge in [0.25, 0.3) is 8.32 Å². The Morgan fingerprint density at radius 3 is 1.95 bits per heavy atom. The normalized spacial score (nSPS) is 26.0. The number of halogens is 1. The second-order valence-corrected chi connectivity index (χ2v) is 15.6. The number of methoxy groups -OCH3 is 1. The van der Waals surface area contributed by atoms with Crippen LogP contribution in [0.1, 0.15) is 31.9 Å². The summed E-state index contributed by atoms with van der Waals surface area (Å²) in [4.78, 5) is 0. The first kappa shape index (κ1) is 29.9. The SMILES string of the molecule is COC1(c2ccc(Cl)c(CO[Si](c3ccccc3)(c3ccccc3)C(C)(C)C)c2)O[C@H](CO)[C@@H](O)[C@H](O)[C@H]1O. The molecule has 0 bridgehead atoms. The third kappa shape index (κ3) is 5.34. The van der Waals surface area contributed by atoms with Gasteiger partial charge in [-0.2, -0.15) is 0 Å². The summed E-state index contributed by atoms with van der Waals surface area (Å²) >= 11 is 6.66. The minimum Gasteiger partial charge on any atom is -0.403 e. The standard InChI is InChI=1S/C30H37ClO7Si/c1-29(2,3)39(22-11-7-5-8-12-22,23-13-9-6-10-14-23)37-19-20-17-21(15-16-24(20)31)30(36-4)28(35)27(34)26(33)25(18-32)38-30/h5-17,25-28,32-35H,18-19H2,1-4H3/t25-,26-,27+,28-,30?/m1/s1. The van der Waals surface area contributed by atoms with Crippen LogP contribution in [0.3, 0.4) is 0 Å². The van der Waals surface area contributed by atoms with E-state index in [0.717, 1.165) is 10.4 Å². The molecule has 9 heteroatoms. The van der Waals surface area contributed by atoms with Crippen molar-refractivity contribution in [3.63, 3.8) is 0 Å². The molecule has 0 amide bonds. The van der Waals surface area contributed by atoms with E-state index < -0.39 is 45.1 Å². The summed E-state index contributed by atoms with van der Waals surface area (Å²) in [5.41, 5.74) is 1.00. The highest BCUT2D eigenvalue weighted by atomic mass is 35.5. The molecule has 210 valence electrons. The highest BCUT2D eigenvalue weighted by Gasteiger charge is 2.55. The fraction of sp³-hybridized carbons (Fsp3) is 0.400. The van der Waals surface area contributed by atoms with Crippen LogP contribution in [0.4, 0.5) is 0 Å². The molecule has 5 atom stereocenters. The van der Waals surface area contributed by atoms with E-state index in [1.165, 1.54) is 7.11 Å². The molecule has 0 aromatic heterocycles. The van der Waals surface area contributed by atoms with E-state index in [0.29, 0.717) is 16.1 Å². The molecular formula is C30H37ClO7Si. The highest BCUT2D eigenvalue weighted by molar-refractivity contribution is 6.99. The van der Waals surface area contributed by atoms with E-state index in [4.69, 9.17) is 25.5 Å². The lowest BCUT2D eigenvalue weighted by Crippen LogP contribution is -2.66. The number of ether oxygens (including phenoxy) is 2. The van der Waals surface area contributed by atoms with Gasteiger partial charge in [0.15, 0.2) is 0 Å². The van der Waals surface area contributed by atoms with Gasteiger partial charge in [0, 0.05) is 17.7 Å². The van der Waals surface area contributed by atoms with E-state index in [9.17, 15) is 20.4 Å². The predicted octanol–water partition coefficient (Wildman–Crippen LogP) is 2.69. The van der Waals surface area contributed by atoms with Gasteiger partial charge >= 0.3 is 0 Å². The molecule has 4 N–H and O–H groups in total. The fourth-order valence-electron chi connectivity index (χ4n) is 5.52. The quantitative estimate of drug-likeness (QED) is 0.307. The molecule has 1 aliphatic rings. The monoisotopic (exact) mass is 572 g/mol. The molecule has 0 saturated carbocycles. The molecule has 7 nitrogen and oxygen atoms in total. The van der Waals surface area contributed by atoms with Gasteiger partial charge in [-0.15, -0.1) is 0 Å². The molecule has 1 unspecified atom stereocenters. The molecule has 1 heterocycles. The number of hydrogen-bond acceptors (Lipinski definition) is 7. The lowest BCUT2D eigenvalue weighted by molar-refractivity contribution is -0.366. The van der Waals surface area contributed by atoms with Crippen LogP contribution in [0.2, 0.25) is 10.1 Å². The Hall–Kier alpha value is -2.11. The van der Waals surface area contributed by atoms with Gasteiger partial charge in [0.2, 0.25) is 5.79 Å². The van der Waals surface area contributed by atoms with Crippen molar-refractivity contribution in [3.8, 4) is 0 Å². The summed E-state index contributed by atoms with van der Waals surface area (Å²) < 4.78 is 18.5. The van der Waals surface area contributed by atoms with Crippen LogP contribution in [0.25, 0.3) is 0 Å². The number of aliphatic hydroxyl groups excluding tert-OH is 4. The zero-order chi connectivity index (χ0) is 28.4. The number of aliphatic hydroxyl groups is 4. The minimum absolute atomic E-state index is 0.157.